The number of hydrogen-bond acceptors (Lipinski definition) is 2. The average molecular weight is 230 g/mol. The number of hydrogen-bond donors (Lipinski definition) is 1. The maximum atomic E-state index is 13.5. The normalized spacial score (nSPS) is 10.2. The first kappa shape index (κ1) is 11.6. The highest BCUT2D eigenvalue weighted by Crippen LogP contribution is 2.14. The zero-order chi connectivity index (χ0) is 12.1. The van der Waals surface area contributed by atoms with Crippen molar-refractivity contribution in [3.63, 3.8) is 0 Å². The number of benzene rings is 1. The smallest absolute Gasteiger partial charge is 0.146 e. The summed E-state index contributed by atoms with van der Waals surface area (Å²) < 4.78 is 13.5. The summed E-state index contributed by atoms with van der Waals surface area (Å²) in [6, 6.07) is 11.0. The van der Waals surface area contributed by atoms with Crippen LogP contribution in [0.1, 0.15) is 11.3 Å². The Morgan fingerprint density at radius 2 is 2.12 bits per heavy atom. The maximum absolute atomic E-state index is 13.5. The van der Waals surface area contributed by atoms with Crippen molar-refractivity contribution in [1.82, 2.24) is 4.98 Å². The molecule has 0 aliphatic rings. The first-order chi connectivity index (χ1) is 8.25. The van der Waals surface area contributed by atoms with Crippen molar-refractivity contribution in [2.24, 2.45) is 0 Å². The van der Waals surface area contributed by atoms with Crippen molar-refractivity contribution in [2.45, 2.75) is 13.3 Å². The lowest BCUT2D eigenvalue weighted by Crippen LogP contribution is -2.07. The molecule has 0 atom stereocenters. The van der Waals surface area contributed by atoms with Crippen LogP contribution >= 0.6 is 0 Å². The molecular formula is C14H15FN2. The molecule has 0 aliphatic heterocycles. The fraction of sp³-hybridized carbons (Fsp3) is 0.214. The van der Waals surface area contributed by atoms with Crippen LogP contribution in [0, 0.1) is 12.7 Å². The molecule has 1 heterocycles. The minimum Gasteiger partial charge on any atom is -0.382 e. The number of anilines is 1. The fourth-order valence-corrected chi connectivity index (χ4v) is 1.63. The van der Waals surface area contributed by atoms with Crippen molar-refractivity contribution >= 4 is 5.69 Å². The van der Waals surface area contributed by atoms with Gasteiger partial charge >= 0.3 is 0 Å². The Kier molecular flexibility index (Phi) is 3.70. The molecule has 88 valence electrons. The summed E-state index contributed by atoms with van der Waals surface area (Å²) in [7, 11) is 0. The van der Waals surface area contributed by atoms with Crippen molar-refractivity contribution in [3.05, 3.63) is 59.7 Å². The van der Waals surface area contributed by atoms with Crippen LogP contribution in [0.25, 0.3) is 0 Å². The molecule has 0 aliphatic carbocycles. The van der Waals surface area contributed by atoms with E-state index in [1.807, 2.05) is 31.2 Å². The molecule has 0 bridgehead atoms. The van der Waals surface area contributed by atoms with Gasteiger partial charge in [-0.2, -0.15) is 0 Å². The van der Waals surface area contributed by atoms with Crippen LogP contribution in [0.5, 0.6) is 0 Å². The molecule has 0 radical (unpaired) electrons. The molecule has 0 unspecified atom stereocenters. The SMILES string of the molecule is Cc1ccc(NCCc2ccccn2)c(F)c1. The summed E-state index contributed by atoms with van der Waals surface area (Å²) in [5, 5.41) is 3.07. The third-order valence-corrected chi connectivity index (χ3v) is 2.55. The maximum Gasteiger partial charge on any atom is 0.146 e. The van der Waals surface area contributed by atoms with Crippen LogP contribution in [0.2, 0.25) is 0 Å². The highest BCUT2D eigenvalue weighted by Gasteiger charge is 2.01. The molecular weight excluding hydrogens is 215 g/mol. The fourth-order valence-electron chi connectivity index (χ4n) is 1.63. The lowest BCUT2D eigenvalue weighted by molar-refractivity contribution is 0.629. The lowest BCUT2D eigenvalue weighted by atomic mass is 10.2. The molecule has 0 saturated carbocycles. The summed E-state index contributed by atoms with van der Waals surface area (Å²) in [5.41, 5.74) is 2.48. The minimum absolute atomic E-state index is 0.203. The average Bonchev–Trinajstić information content (AvgIpc) is 2.33. The van der Waals surface area contributed by atoms with Gasteiger partial charge < -0.3 is 5.32 Å². The van der Waals surface area contributed by atoms with Gasteiger partial charge in [0.15, 0.2) is 0 Å². The largest absolute Gasteiger partial charge is 0.382 e. The Bertz CT molecular complexity index is 483. The molecule has 0 saturated heterocycles. The van der Waals surface area contributed by atoms with Gasteiger partial charge in [0.2, 0.25) is 0 Å². The second kappa shape index (κ2) is 5.43. The van der Waals surface area contributed by atoms with Gasteiger partial charge in [-0.15, -0.1) is 0 Å². The summed E-state index contributed by atoms with van der Waals surface area (Å²) >= 11 is 0. The number of aromatic nitrogens is 1. The first-order valence-corrected chi connectivity index (χ1v) is 5.65. The van der Waals surface area contributed by atoms with Crippen LogP contribution in [0.3, 0.4) is 0 Å². The standard InChI is InChI=1S/C14H15FN2/c1-11-5-6-14(13(15)10-11)17-9-7-12-4-2-3-8-16-12/h2-6,8,10,17H,7,9H2,1H3. The van der Waals surface area contributed by atoms with E-state index in [0.717, 1.165) is 17.7 Å². The van der Waals surface area contributed by atoms with E-state index in [1.54, 1.807) is 12.3 Å². The Morgan fingerprint density at radius 1 is 1.24 bits per heavy atom. The highest BCUT2D eigenvalue weighted by molar-refractivity contribution is 5.46. The quantitative estimate of drug-likeness (QED) is 0.872. The number of nitrogens with one attached hydrogen (secondary N) is 1. The van der Waals surface area contributed by atoms with E-state index < -0.39 is 0 Å². The molecule has 1 aromatic heterocycles. The molecule has 17 heavy (non-hydrogen) atoms. The highest BCUT2D eigenvalue weighted by atomic mass is 19.1. The third kappa shape index (κ3) is 3.28. The minimum atomic E-state index is -0.203. The predicted octanol–water partition coefficient (Wildman–Crippen LogP) is 3.18. The van der Waals surface area contributed by atoms with E-state index in [0.29, 0.717) is 12.2 Å². The molecule has 2 rings (SSSR count). The molecule has 2 nitrogen and oxygen atoms in total. The van der Waals surface area contributed by atoms with Crippen LogP contribution in [0.15, 0.2) is 42.6 Å². The van der Waals surface area contributed by atoms with Crippen LogP contribution in [0.4, 0.5) is 10.1 Å². The van der Waals surface area contributed by atoms with Gasteiger partial charge in [-0.25, -0.2) is 4.39 Å². The van der Waals surface area contributed by atoms with E-state index in [4.69, 9.17) is 0 Å². The lowest BCUT2D eigenvalue weighted by Gasteiger charge is -2.07. The van der Waals surface area contributed by atoms with Crippen LogP contribution in [-0.4, -0.2) is 11.5 Å². The molecule has 0 amide bonds. The monoisotopic (exact) mass is 230 g/mol. The van der Waals surface area contributed by atoms with Gasteiger partial charge in [-0.05, 0) is 36.8 Å². The van der Waals surface area contributed by atoms with Crippen molar-refractivity contribution in [1.29, 1.82) is 0 Å². The molecule has 1 aromatic carbocycles. The second-order valence-electron chi connectivity index (χ2n) is 3.98. The Balaban J connectivity index is 1.90. The van der Waals surface area contributed by atoms with E-state index in [9.17, 15) is 4.39 Å². The Morgan fingerprint density at radius 3 is 2.82 bits per heavy atom. The Labute approximate surface area is 101 Å². The van der Waals surface area contributed by atoms with Crippen molar-refractivity contribution < 1.29 is 4.39 Å². The summed E-state index contributed by atoms with van der Waals surface area (Å²) in [6.07, 6.45) is 2.55. The predicted molar refractivity (Wildman–Crippen MR) is 67.6 cm³/mol. The summed E-state index contributed by atoms with van der Waals surface area (Å²) in [5.74, 6) is -0.203. The zero-order valence-corrected chi connectivity index (χ0v) is 9.78. The van der Waals surface area contributed by atoms with Gasteiger partial charge in [-0.3, -0.25) is 4.98 Å². The van der Waals surface area contributed by atoms with Crippen molar-refractivity contribution in [3.8, 4) is 0 Å². The van der Waals surface area contributed by atoms with Gasteiger partial charge in [0.25, 0.3) is 0 Å². The number of rotatable bonds is 4. The van der Waals surface area contributed by atoms with E-state index >= 15 is 0 Å². The molecule has 0 fully saturated rings. The van der Waals surface area contributed by atoms with E-state index in [-0.39, 0.29) is 5.82 Å². The van der Waals surface area contributed by atoms with E-state index in [2.05, 4.69) is 10.3 Å². The first-order valence-electron chi connectivity index (χ1n) is 5.65. The summed E-state index contributed by atoms with van der Waals surface area (Å²) in [4.78, 5) is 4.21. The van der Waals surface area contributed by atoms with Gasteiger partial charge in [0.05, 0.1) is 5.69 Å². The number of nitrogens with zero attached hydrogens (tertiary/aromatic N) is 1. The number of pyridine rings is 1. The van der Waals surface area contributed by atoms with Crippen LogP contribution in [-0.2, 0) is 6.42 Å². The third-order valence-electron chi connectivity index (χ3n) is 2.55. The second-order valence-corrected chi connectivity index (χ2v) is 3.98. The topological polar surface area (TPSA) is 24.9 Å². The molecule has 3 heteroatoms. The van der Waals surface area contributed by atoms with Crippen molar-refractivity contribution in [2.75, 3.05) is 11.9 Å². The molecule has 0 spiro atoms. The van der Waals surface area contributed by atoms with Crippen LogP contribution < -0.4 is 5.32 Å². The summed E-state index contributed by atoms with van der Waals surface area (Å²) in [6.45, 7) is 2.55. The van der Waals surface area contributed by atoms with E-state index in [1.165, 1.54) is 6.07 Å². The van der Waals surface area contributed by atoms with Gasteiger partial charge in [0, 0.05) is 24.9 Å². The Hall–Kier alpha value is -1.90. The van der Waals surface area contributed by atoms with Gasteiger partial charge in [-0.1, -0.05) is 12.1 Å². The number of aryl methyl sites for hydroxylation is 1. The molecule has 1 N–H and O–H groups in total. The molecule has 2 aromatic rings. The zero-order valence-electron chi connectivity index (χ0n) is 9.78. The van der Waals surface area contributed by atoms with Gasteiger partial charge in [0.1, 0.15) is 5.82 Å². The number of halogens is 1.